The lowest BCUT2D eigenvalue weighted by molar-refractivity contribution is -0.143. The molecule has 2 aromatic heterocycles. The van der Waals surface area contributed by atoms with E-state index < -0.39 is 23.8 Å². The quantitative estimate of drug-likeness (QED) is 0.290. The molecule has 5 rings (SSSR count). The molecule has 8 nitrogen and oxygen atoms in total. The lowest BCUT2D eigenvalue weighted by Crippen LogP contribution is -2.36. The molecule has 39 heavy (non-hydrogen) atoms. The van der Waals surface area contributed by atoms with E-state index in [9.17, 15) is 9.59 Å². The van der Waals surface area contributed by atoms with Crippen molar-refractivity contribution in [2.24, 2.45) is 10.9 Å². The second kappa shape index (κ2) is 10.8. The maximum absolute atomic E-state index is 13.5. The maximum atomic E-state index is 13.5. The molecule has 1 aliphatic heterocycles. The molecule has 0 amide bonds. The summed E-state index contributed by atoms with van der Waals surface area (Å²) in [4.78, 5) is 40.1. The zero-order valence-corrected chi connectivity index (χ0v) is 22.8. The highest BCUT2D eigenvalue weighted by molar-refractivity contribution is 6.31. The summed E-state index contributed by atoms with van der Waals surface area (Å²) < 4.78 is 12.7. The molecule has 0 fully saturated rings. The number of aromatic nitrogens is 3. The number of rotatable bonds is 6. The van der Waals surface area contributed by atoms with Gasteiger partial charge in [0.05, 0.1) is 36.7 Å². The molecule has 2 unspecified atom stereocenters. The van der Waals surface area contributed by atoms with Crippen LogP contribution in [0.5, 0.6) is 0 Å². The average Bonchev–Trinajstić information content (AvgIpc) is 3.28. The standard InChI is InChI=1S/C30H27ClN4O4/c1-5-39-30(37)27-26(21-8-6-7-9-22(21)31)25(29(36)38-4)17(2)33-28(27)19-10-12-20(13-11-19)35-18(3)34-23-16-32-15-14-24(23)35/h6-16,25-26H,5H2,1-4H3. The first-order chi connectivity index (χ1) is 18.8. The normalized spacial score (nSPS) is 17.2. The molecule has 4 aromatic rings. The monoisotopic (exact) mass is 542 g/mol. The lowest BCUT2D eigenvalue weighted by atomic mass is 9.74. The molecule has 0 radical (unpaired) electrons. The number of benzene rings is 2. The molecule has 2 aromatic carbocycles. The highest BCUT2D eigenvalue weighted by Crippen LogP contribution is 2.45. The summed E-state index contributed by atoms with van der Waals surface area (Å²) in [5, 5.41) is 0.430. The minimum Gasteiger partial charge on any atom is -0.468 e. The Hall–Kier alpha value is -4.30. The zero-order chi connectivity index (χ0) is 27.7. The van der Waals surface area contributed by atoms with Crippen molar-refractivity contribution < 1.29 is 19.1 Å². The number of hydrogen-bond donors (Lipinski definition) is 0. The predicted octanol–water partition coefficient (Wildman–Crippen LogP) is 5.70. The molecular formula is C30H27ClN4O4. The van der Waals surface area contributed by atoms with Crippen LogP contribution in [0.25, 0.3) is 22.4 Å². The van der Waals surface area contributed by atoms with Crippen LogP contribution in [0.15, 0.2) is 77.6 Å². The smallest absolute Gasteiger partial charge is 0.336 e. The zero-order valence-electron chi connectivity index (χ0n) is 22.0. The van der Waals surface area contributed by atoms with Crippen LogP contribution >= 0.6 is 11.6 Å². The number of carbonyl (C=O) groups is 2. The summed E-state index contributed by atoms with van der Waals surface area (Å²) in [5.74, 6) is -1.83. The second-order valence-electron chi connectivity index (χ2n) is 9.14. The van der Waals surface area contributed by atoms with E-state index in [-0.39, 0.29) is 12.2 Å². The van der Waals surface area contributed by atoms with Crippen molar-refractivity contribution in [2.45, 2.75) is 26.7 Å². The van der Waals surface area contributed by atoms with Crippen LogP contribution < -0.4 is 0 Å². The fraction of sp³-hybridized carbons (Fsp3) is 0.233. The Balaban J connectivity index is 1.70. The van der Waals surface area contributed by atoms with Crippen molar-refractivity contribution in [2.75, 3.05) is 13.7 Å². The molecule has 0 N–H and O–H groups in total. The van der Waals surface area contributed by atoms with Crippen LogP contribution in [0.4, 0.5) is 0 Å². The SMILES string of the molecule is CCOC(=O)C1=C(c2ccc(-n3c(C)nc4cnccc43)cc2)N=C(C)C(C(=O)OC)C1c1ccccc1Cl. The topological polar surface area (TPSA) is 95.7 Å². The molecule has 0 spiro atoms. The summed E-state index contributed by atoms with van der Waals surface area (Å²) >= 11 is 6.62. The molecule has 1 aliphatic rings. The Bertz CT molecular complexity index is 1640. The van der Waals surface area contributed by atoms with Crippen LogP contribution in [0.3, 0.4) is 0 Å². The molecule has 198 valence electrons. The van der Waals surface area contributed by atoms with Gasteiger partial charge in [-0.2, -0.15) is 0 Å². The van der Waals surface area contributed by atoms with Crippen molar-refractivity contribution >= 4 is 46.0 Å². The number of nitrogens with zero attached hydrogens (tertiary/aromatic N) is 4. The van der Waals surface area contributed by atoms with Gasteiger partial charge in [0.15, 0.2) is 0 Å². The van der Waals surface area contributed by atoms with Gasteiger partial charge in [-0.25, -0.2) is 9.78 Å². The van der Waals surface area contributed by atoms with Crippen LogP contribution in [-0.4, -0.2) is 45.9 Å². The average molecular weight is 543 g/mol. The molecule has 0 saturated carbocycles. The highest BCUT2D eigenvalue weighted by Gasteiger charge is 2.44. The molecule has 0 bridgehead atoms. The Kier molecular flexibility index (Phi) is 7.30. The van der Waals surface area contributed by atoms with Gasteiger partial charge in [0.1, 0.15) is 17.3 Å². The first kappa shape index (κ1) is 26.3. The number of halogens is 1. The van der Waals surface area contributed by atoms with Crippen LogP contribution in [-0.2, 0) is 19.1 Å². The number of methoxy groups -OCH3 is 1. The first-order valence-corrected chi connectivity index (χ1v) is 12.9. The molecule has 9 heteroatoms. The largest absolute Gasteiger partial charge is 0.468 e. The molecule has 3 heterocycles. The van der Waals surface area contributed by atoms with Crippen molar-refractivity contribution in [1.82, 2.24) is 14.5 Å². The Morgan fingerprint density at radius 1 is 1.05 bits per heavy atom. The second-order valence-corrected chi connectivity index (χ2v) is 9.55. The van der Waals surface area contributed by atoms with E-state index in [1.807, 2.05) is 54.0 Å². The highest BCUT2D eigenvalue weighted by atomic mass is 35.5. The fourth-order valence-corrected chi connectivity index (χ4v) is 5.41. The lowest BCUT2D eigenvalue weighted by Gasteiger charge is -2.32. The Morgan fingerprint density at radius 3 is 2.49 bits per heavy atom. The number of esters is 2. The van der Waals surface area contributed by atoms with Gasteiger partial charge in [0, 0.05) is 34.1 Å². The van der Waals surface area contributed by atoms with Crippen LogP contribution in [0, 0.1) is 12.8 Å². The number of pyridine rings is 1. The summed E-state index contributed by atoms with van der Waals surface area (Å²) in [6.07, 6.45) is 3.46. The number of hydrogen-bond acceptors (Lipinski definition) is 7. The number of aryl methyl sites for hydroxylation is 1. The summed E-state index contributed by atoms with van der Waals surface area (Å²) in [7, 11) is 1.32. The van der Waals surface area contributed by atoms with E-state index in [2.05, 4.69) is 9.97 Å². The van der Waals surface area contributed by atoms with Crippen molar-refractivity contribution in [3.05, 3.63) is 94.5 Å². The molecular weight excluding hydrogens is 516 g/mol. The van der Waals surface area contributed by atoms with Gasteiger partial charge in [-0.05, 0) is 50.6 Å². The third-order valence-electron chi connectivity index (χ3n) is 6.85. The van der Waals surface area contributed by atoms with E-state index in [4.69, 9.17) is 26.1 Å². The number of ether oxygens (including phenoxy) is 2. The van der Waals surface area contributed by atoms with E-state index in [0.717, 1.165) is 22.5 Å². The third-order valence-corrected chi connectivity index (χ3v) is 7.20. The number of imidazole rings is 1. The van der Waals surface area contributed by atoms with Crippen molar-refractivity contribution in [3.8, 4) is 5.69 Å². The molecule has 0 saturated heterocycles. The summed E-state index contributed by atoms with van der Waals surface area (Å²) in [6.45, 7) is 5.60. The van der Waals surface area contributed by atoms with Crippen LogP contribution in [0.1, 0.15) is 36.7 Å². The first-order valence-electron chi connectivity index (χ1n) is 12.5. The summed E-state index contributed by atoms with van der Waals surface area (Å²) in [5.41, 5.74) is 5.16. The number of carbonyl (C=O) groups excluding carboxylic acids is 2. The van der Waals surface area contributed by atoms with Gasteiger partial charge >= 0.3 is 11.9 Å². The van der Waals surface area contributed by atoms with Gasteiger partial charge in [-0.15, -0.1) is 0 Å². The minimum absolute atomic E-state index is 0.164. The number of aliphatic imine (C=N–C) groups is 1. The minimum atomic E-state index is -0.842. The predicted molar refractivity (Wildman–Crippen MR) is 150 cm³/mol. The van der Waals surface area contributed by atoms with Crippen molar-refractivity contribution in [1.29, 1.82) is 0 Å². The molecule has 0 aliphatic carbocycles. The number of fused-ring (bicyclic) bond motifs is 1. The van der Waals surface area contributed by atoms with Gasteiger partial charge in [0.25, 0.3) is 0 Å². The van der Waals surface area contributed by atoms with Gasteiger partial charge < -0.3 is 9.47 Å². The van der Waals surface area contributed by atoms with Gasteiger partial charge in [0.2, 0.25) is 0 Å². The van der Waals surface area contributed by atoms with E-state index in [1.54, 1.807) is 38.4 Å². The summed E-state index contributed by atoms with van der Waals surface area (Å²) in [6, 6.07) is 16.8. The van der Waals surface area contributed by atoms with E-state index in [1.165, 1.54) is 7.11 Å². The fourth-order valence-electron chi connectivity index (χ4n) is 5.16. The Morgan fingerprint density at radius 2 is 1.79 bits per heavy atom. The third kappa shape index (κ3) is 4.72. The van der Waals surface area contributed by atoms with E-state index in [0.29, 0.717) is 27.6 Å². The molecule has 2 atom stereocenters. The van der Waals surface area contributed by atoms with Crippen LogP contribution in [0.2, 0.25) is 5.02 Å². The van der Waals surface area contributed by atoms with Gasteiger partial charge in [-0.3, -0.25) is 19.3 Å². The Labute approximate surface area is 231 Å². The van der Waals surface area contributed by atoms with Gasteiger partial charge in [-0.1, -0.05) is 41.9 Å². The maximum Gasteiger partial charge on any atom is 0.336 e. The van der Waals surface area contributed by atoms with Crippen molar-refractivity contribution in [3.63, 3.8) is 0 Å². The van der Waals surface area contributed by atoms with E-state index >= 15 is 0 Å².